The van der Waals surface area contributed by atoms with Crippen molar-refractivity contribution in [2.45, 2.75) is 43.4 Å². The number of aromatic nitrogens is 2. The molecule has 0 amide bonds. The van der Waals surface area contributed by atoms with Crippen LogP contribution in [0.25, 0.3) is 0 Å². The monoisotopic (exact) mass is 270 g/mol. The Morgan fingerprint density at radius 1 is 1.53 bits per heavy atom. The lowest BCUT2D eigenvalue weighted by Gasteiger charge is -2.07. The van der Waals surface area contributed by atoms with E-state index < -0.39 is 0 Å². The van der Waals surface area contributed by atoms with Crippen LogP contribution in [0.2, 0.25) is 0 Å². The number of aryl methyl sites for hydroxylation is 2. The van der Waals surface area contributed by atoms with Gasteiger partial charge in [0.1, 0.15) is 5.82 Å². The fourth-order valence-electron chi connectivity index (χ4n) is 1.95. The molecule has 1 aliphatic rings. The summed E-state index contributed by atoms with van der Waals surface area (Å²) in [6.07, 6.45) is 11.8. The zero-order chi connectivity index (χ0) is 10.7. The Morgan fingerprint density at radius 3 is 2.93 bits per heavy atom. The standard InChI is InChI=1S/C12H19BrN2/c1-15-9-8-14-12(15)5-3-2-4-11(13)10-6-7-10/h8-11H,2-7H2,1H3. The first-order valence-electron chi connectivity index (χ1n) is 5.87. The minimum Gasteiger partial charge on any atom is -0.338 e. The molecular weight excluding hydrogens is 252 g/mol. The molecule has 1 saturated carbocycles. The highest BCUT2D eigenvalue weighted by atomic mass is 79.9. The summed E-state index contributed by atoms with van der Waals surface area (Å²) in [5.74, 6) is 2.20. The molecule has 0 aromatic carbocycles. The van der Waals surface area contributed by atoms with Gasteiger partial charge >= 0.3 is 0 Å². The first kappa shape index (κ1) is 11.2. The first-order valence-corrected chi connectivity index (χ1v) is 6.79. The Hall–Kier alpha value is -0.310. The van der Waals surface area contributed by atoms with Crippen LogP contribution >= 0.6 is 15.9 Å². The molecule has 1 aromatic rings. The maximum atomic E-state index is 4.33. The van der Waals surface area contributed by atoms with Gasteiger partial charge in [0.25, 0.3) is 0 Å². The van der Waals surface area contributed by atoms with E-state index >= 15 is 0 Å². The SMILES string of the molecule is Cn1ccnc1CCCCC(Br)C1CC1. The molecule has 1 heterocycles. The molecule has 0 saturated heterocycles. The summed E-state index contributed by atoms with van der Waals surface area (Å²) < 4.78 is 2.12. The molecule has 84 valence electrons. The number of imidazole rings is 1. The van der Waals surface area contributed by atoms with E-state index in [1.54, 1.807) is 0 Å². The fourth-order valence-corrected chi connectivity index (χ4v) is 2.81. The van der Waals surface area contributed by atoms with Crippen molar-refractivity contribution in [2.24, 2.45) is 13.0 Å². The Morgan fingerprint density at radius 2 is 2.33 bits per heavy atom. The summed E-state index contributed by atoms with van der Waals surface area (Å²) in [6, 6.07) is 0. The van der Waals surface area contributed by atoms with E-state index in [9.17, 15) is 0 Å². The van der Waals surface area contributed by atoms with Crippen LogP contribution in [0.3, 0.4) is 0 Å². The lowest BCUT2D eigenvalue weighted by Crippen LogP contribution is -2.02. The lowest BCUT2D eigenvalue weighted by atomic mass is 10.1. The van der Waals surface area contributed by atoms with Gasteiger partial charge in [-0.25, -0.2) is 4.98 Å². The van der Waals surface area contributed by atoms with Crippen LogP contribution in [0.4, 0.5) is 0 Å². The van der Waals surface area contributed by atoms with Gasteiger partial charge in [-0.3, -0.25) is 0 Å². The predicted octanol–water partition coefficient (Wildman–Crippen LogP) is 3.31. The van der Waals surface area contributed by atoms with Crippen molar-refractivity contribution in [1.82, 2.24) is 9.55 Å². The average molecular weight is 271 g/mol. The normalized spacial score (nSPS) is 18.0. The van der Waals surface area contributed by atoms with Crippen molar-refractivity contribution in [1.29, 1.82) is 0 Å². The molecule has 1 unspecified atom stereocenters. The van der Waals surface area contributed by atoms with Crippen LogP contribution in [0.5, 0.6) is 0 Å². The van der Waals surface area contributed by atoms with E-state index in [2.05, 4.69) is 32.5 Å². The maximum Gasteiger partial charge on any atom is 0.108 e. The molecule has 1 fully saturated rings. The molecule has 1 aliphatic carbocycles. The third kappa shape index (κ3) is 3.33. The Bertz CT molecular complexity index is 304. The summed E-state index contributed by atoms with van der Waals surface area (Å²) in [4.78, 5) is 5.11. The number of alkyl halides is 1. The fraction of sp³-hybridized carbons (Fsp3) is 0.750. The van der Waals surface area contributed by atoms with Gasteiger partial charge in [-0.1, -0.05) is 22.4 Å². The lowest BCUT2D eigenvalue weighted by molar-refractivity contribution is 0.608. The zero-order valence-corrected chi connectivity index (χ0v) is 10.9. The second-order valence-electron chi connectivity index (χ2n) is 4.55. The molecule has 15 heavy (non-hydrogen) atoms. The number of rotatable bonds is 6. The van der Waals surface area contributed by atoms with Gasteiger partial charge in [0.2, 0.25) is 0 Å². The van der Waals surface area contributed by atoms with Crippen molar-refractivity contribution >= 4 is 15.9 Å². The number of hydrogen-bond donors (Lipinski definition) is 0. The van der Waals surface area contributed by atoms with E-state index in [0.29, 0.717) is 0 Å². The second kappa shape index (κ2) is 5.15. The molecule has 1 atom stereocenters. The summed E-state index contributed by atoms with van der Waals surface area (Å²) >= 11 is 3.78. The number of hydrogen-bond acceptors (Lipinski definition) is 1. The number of unbranched alkanes of at least 4 members (excludes halogenated alkanes) is 1. The Kier molecular flexibility index (Phi) is 3.84. The van der Waals surface area contributed by atoms with Gasteiger partial charge < -0.3 is 4.57 Å². The average Bonchev–Trinajstić information content (AvgIpc) is 2.99. The number of halogens is 1. The van der Waals surface area contributed by atoms with Crippen LogP contribution in [-0.4, -0.2) is 14.4 Å². The van der Waals surface area contributed by atoms with Crippen LogP contribution in [0.15, 0.2) is 12.4 Å². The highest BCUT2D eigenvalue weighted by molar-refractivity contribution is 9.09. The van der Waals surface area contributed by atoms with Gasteiger partial charge in [-0.05, 0) is 31.6 Å². The van der Waals surface area contributed by atoms with E-state index in [4.69, 9.17) is 0 Å². The highest BCUT2D eigenvalue weighted by Crippen LogP contribution is 2.38. The zero-order valence-electron chi connectivity index (χ0n) is 9.32. The first-order chi connectivity index (χ1) is 7.27. The van der Waals surface area contributed by atoms with Crippen molar-refractivity contribution in [3.63, 3.8) is 0 Å². The van der Waals surface area contributed by atoms with Gasteiger partial charge in [0.05, 0.1) is 0 Å². The molecule has 0 N–H and O–H groups in total. The minimum absolute atomic E-state index is 0.777. The van der Waals surface area contributed by atoms with Crippen LogP contribution < -0.4 is 0 Å². The Labute approximate surface area is 100 Å². The van der Waals surface area contributed by atoms with Gasteiger partial charge in [-0.15, -0.1) is 0 Å². The largest absolute Gasteiger partial charge is 0.338 e. The molecule has 3 heteroatoms. The topological polar surface area (TPSA) is 17.8 Å². The summed E-state index contributed by atoms with van der Waals surface area (Å²) in [6.45, 7) is 0. The number of nitrogens with zero attached hydrogens (tertiary/aromatic N) is 2. The third-order valence-electron chi connectivity index (χ3n) is 3.18. The van der Waals surface area contributed by atoms with Crippen LogP contribution in [0.1, 0.15) is 37.9 Å². The Balaban J connectivity index is 1.60. The van der Waals surface area contributed by atoms with Gasteiger partial charge in [0, 0.05) is 30.7 Å². The quantitative estimate of drug-likeness (QED) is 0.573. The minimum atomic E-state index is 0.777. The summed E-state index contributed by atoms with van der Waals surface area (Å²) in [5, 5.41) is 0. The molecule has 0 radical (unpaired) electrons. The highest BCUT2D eigenvalue weighted by Gasteiger charge is 2.28. The molecule has 2 nitrogen and oxygen atoms in total. The van der Waals surface area contributed by atoms with Gasteiger partial charge in [-0.2, -0.15) is 0 Å². The van der Waals surface area contributed by atoms with E-state index in [-0.39, 0.29) is 0 Å². The molecule has 2 rings (SSSR count). The van der Waals surface area contributed by atoms with Crippen molar-refractivity contribution in [3.8, 4) is 0 Å². The van der Waals surface area contributed by atoms with Crippen LogP contribution in [-0.2, 0) is 13.5 Å². The molecule has 1 aromatic heterocycles. The van der Waals surface area contributed by atoms with Crippen molar-refractivity contribution in [3.05, 3.63) is 18.2 Å². The maximum absolute atomic E-state index is 4.33. The third-order valence-corrected chi connectivity index (χ3v) is 4.39. The van der Waals surface area contributed by atoms with Crippen molar-refractivity contribution in [2.75, 3.05) is 0 Å². The predicted molar refractivity (Wildman–Crippen MR) is 66.2 cm³/mol. The van der Waals surface area contributed by atoms with E-state index in [0.717, 1.165) is 17.2 Å². The molecule has 0 bridgehead atoms. The molecule has 0 spiro atoms. The van der Waals surface area contributed by atoms with E-state index in [1.807, 2.05) is 12.4 Å². The summed E-state index contributed by atoms with van der Waals surface area (Å²) in [5.41, 5.74) is 0. The molecule has 0 aliphatic heterocycles. The van der Waals surface area contributed by atoms with E-state index in [1.165, 1.54) is 37.9 Å². The second-order valence-corrected chi connectivity index (χ2v) is 5.73. The summed E-state index contributed by atoms with van der Waals surface area (Å²) in [7, 11) is 2.07. The van der Waals surface area contributed by atoms with Gasteiger partial charge in [0.15, 0.2) is 0 Å². The van der Waals surface area contributed by atoms with Crippen molar-refractivity contribution < 1.29 is 0 Å². The molecular formula is C12H19BrN2. The van der Waals surface area contributed by atoms with Crippen LogP contribution in [0, 0.1) is 5.92 Å². The smallest absolute Gasteiger partial charge is 0.108 e.